The smallest absolute Gasteiger partial charge is 0.137 e. The van der Waals surface area contributed by atoms with Crippen molar-refractivity contribution in [1.82, 2.24) is 0 Å². The third-order valence-corrected chi connectivity index (χ3v) is 4.00. The molecule has 1 aliphatic heterocycles. The largest absolute Gasteiger partial charge is 0.545 e. The number of piperidine rings is 1. The minimum absolute atomic E-state index is 0.720. The molecular formula is C17H23NO3. The quantitative estimate of drug-likeness (QED) is 0.758. The van der Waals surface area contributed by atoms with Crippen LogP contribution in [0.1, 0.15) is 25.3 Å². The summed E-state index contributed by atoms with van der Waals surface area (Å²) in [6.45, 7) is 6.58. The number of likely N-dealkylation sites (tertiary alicyclic amines) is 1. The normalized spacial score (nSPS) is 22.3. The summed E-state index contributed by atoms with van der Waals surface area (Å²) in [5.41, 5.74) is 0.821. The van der Waals surface area contributed by atoms with Gasteiger partial charge in [0, 0.05) is 0 Å². The molecule has 0 saturated carbocycles. The van der Waals surface area contributed by atoms with Crippen LogP contribution in [0.4, 0.5) is 0 Å². The molecule has 0 aromatic heterocycles. The van der Waals surface area contributed by atoms with Gasteiger partial charge in [-0.2, -0.15) is 0 Å². The van der Waals surface area contributed by atoms with Crippen molar-refractivity contribution in [3.63, 3.8) is 0 Å². The van der Waals surface area contributed by atoms with Crippen LogP contribution in [0.15, 0.2) is 30.3 Å². The number of hydrogen-bond donors (Lipinski definition) is 1. The molecule has 4 nitrogen and oxygen atoms in total. The van der Waals surface area contributed by atoms with Crippen molar-refractivity contribution in [2.45, 2.75) is 19.8 Å². The molecule has 1 aromatic carbocycles. The second kappa shape index (κ2) is 7.84. The van der Waals surface area contributed by atoms with Crippen LogP contribution in [-0.4, -0.2) is 32.2 Å². The van der Waals surface area contributed by atoms with Gasteiger partial charge in [-0.3, -0.25) is 0 Å². The predicted molar refractivity (Wildman–Crippen MR) is 79.9 cm³/mol. The number of benzene rings is 1. The first kappa shape index (κ1) is 15.6. The topological polar surface area (TPSA) is 53.8 Å². The van der Waals surface area contributed by atoms with Crippen molar-refractivity contribution in [2.75, 3.05) is 26.2 Å². The van der Waals surface area contributed by atoms with E-state index in [0.717, 1.165) is 36.5 Å². The second-order valence-corrected chi connectivity index (χ2v) is 5.75. The first-order valence-electron chi connectivity index (χ1n) is 7.59. The van der Waals surface area contributed by atoms with Crippen LogP contribution in [-0.2, 0) is 4.79 Å². The number of nitrogens with one attached hydrogen (secondary N) is 1. The molecule has 0 aliphatic carbocycles. The molecule has 0 radical (unpaired) electrons. The number of ether oxygens (including phenoxy) is 1. The highest BCUT2D eigenvalue weighted by Gasteiger charge is 2.18. The van der Waals surface area contributed by atoms with Crippen molar-refractivity contribution < 1.29 is 19.5 Å². The van der Waals surface area contributed by atoms with E-state index in [1.165, 1.54) is 32.0 Å². The molecule has 0 unspecified atom stereocenters. The van der Waals surface area contributed by atoms with Crippen molar-refractivity contribution in [3.8, 4) is 5.75 Å². The number of aliphatic carboxylic acids is 1. The Balaban J connectivity index is 1.72. The number of carboxylic acid groups (broad SMARTS) is 1. The monoisotopic (exact) mass is 289 g/mol. The standard InChI is InChI=1S/C17H23NO3/c1-14-8-10-18(11-9-14)12-13-21-16-5-2-15(3-6-16)4-7-17(19)20/h2-7,14H,8-13H2,1H3,(H,19,20)/b7-4+. The average Bonchev–Trinajstić information content (AvgIpc) is 2.48. The number of quaternary nitrogens is 1. The number of hydrogen-bond acceptors (Lipinski definition) is 3. The highest BCUT2D eigenvalue weighted by atomic mass is 16.5. The van der Waals surface area contributed by atoms with Crippen LogP contribution in [0.25, 0.3) is 6.08 Å². The van der Waals surface area contributed by atoms with E-state index in [0.29, 0.717) is 0 Å². The maximum atomic E-state index is 10.3. The van der Waals surface area contributed by atoms with Crippen LogP contribution in [0.3, 0.4) is 0 Å². The van der Waals surface area contributed by atoms with E-state index in [4.69, 9.17) is 4.74 Å². The maximum absolute atomic E-state index is 10.3. The van der Waals surface area contributed by atoms with E-state index >= 15 is 0 Å². The number of rotatable bonds is 6. The van der Waals surface area contributed by atoms with Gasteiger partial charge in [-0.1, -0.05) is 25.1 Å². The van der Waals surface area contributed by atoms with Crippen molar-refractivity contribution >= 4 is 12.0 Å². The zero-order valence-electron chi connectivity index (χ0n) is 12.5. The molecule has 1 heterocycles. The molecule has 1 fully saturated rings. The van der Waals surface area contributed by atoms with Crippen LogP contribution < -0.4 is 14.7 Å². The van der Waals surface area contributed by atoms with Gasteiger partial charge in [-0.05, 0) is 42.5 Å². The van der Waals surface area contributed by atoms with E-state index < -0.39 is 5.97 Å². The zero-order chi connectivity index (χ0) is 15.1. The summed E-state index contributed by atoms with van der Waals surface area (Å²) < 4.78 is 5.74. The fourth-order valence-corrected chi connectivity index (χ4v) is 2.57. The van der Waals surface area contributed by atoms with Crippen LogP contribution in [0.2, 0.25) is 0 Å². The molecule has 0 amide bonds. The van der Waals surface area contributed by atoms with Crippen molar-refractivity contribution in [3.05, 3.63) is 35.9 Å². The summed E-state index contributed by atoms with van der Waals surface area (Å²) in [6.07, 6.45) is 5.17. The number of carboxylic acids is 1. The molecule has 1 aromatic rings. The molecule has 1 aliphatic rings. The van der Waals surface area contributed by atoms with E-state index in [2.05, 4.69) is 6.92 Å². The number of carbonyl (C=O) groups excluding carboxylic acids is 1. The van der Waals surface area contributed by atoms with Crippen LogP contribution >= 0.6 is 0 Å². The van der Waals surface area contributed by atoms with Gasteiger partial charge in [-0.25, -0.2) is 0 Å². The van der Waals surface area contributed by atoms with E-state index in [1.807, 2.05) is 24.3 Å². The SMILES string of the molecule is CC1CC[NH+](CCOc2ccc(/C=C/C(=O)[O-])cc2)CC1. The molecule has 114 valence electrons. The Bertz CT molecular complexity index is 473. The fraction of sp³-hybridized carbons (Fsp3) is 0.471. The lowest BCUT2D eigenvalue weighted by Gasteiger charge is -2.27. The molecule has 0 atom stereocenters. The van der Waals surface area contributed by atoms with E-state index in [-0.39, 0.29) is 0 Å². The Morgan fingerprint density at radius 3 is 2.62 bits per heavy atom. The van der Waals surface area contributed by atoms with E-state index in [9.17, 15) is 9.90 Å². The summed E-state index contributed by atoms with van der Waals surface area (Å²) in [6, 6.07) is 7.40. The first-order valence-corrected chi connectivity index (χ1v) is 7.59. The second-order valence-electron chi connectivity index (χ2n) is 5.75. The summed E-state index contributed by atoms with van der Waals surface area (Å²) in [5.74, 6) is 0.510. The average molecular weight is 289 g/mol. The van der Waals surface area contributed by atoms with Gasteiger partial charge in [0.25, 0.3) is 0 Å². The van der Waals surface area contributed by atoms with E-state index in [1.54, 1.807) is 4.90 Å². The predicted octanol–water partition coefficient (Wildman–Crippen LogP) is 0.143. The summed E-state index contributed by atoms with van der Waals surface area (Å²) in [5, 5.41) is 10.3. The zero-order valence-corrected chi connectivity index (χ0v) is 12.5. The molecule has 1 N–H and O–H groups in total. The Kier molecular flexibility index (Phi) is 5.81. The van der Waals surface area contributed by atoms with Crippen molar-refractivity contribution in [2.24, 2.45) is 5.92 Å². The maximum Gasteiger partial charge on any atom is 0.137 e. The van der Waals surface area contributed by atoms with Gasteiger partial charge in [0.2, 0.25) is 0 Å². The summed E-state index contributed by atoms with van der Waals surface area (Å²) in [4.78, 5) is 12.0. The molecule has 4 heteroatoms. The van der Waals surface area contributed by atoms with Gasteiger partial charge in [-0.15, -0.1) is 0 Å². The fourth-order valence-electron chi connectivity index (χ4n) is 2.57. The van der Waals surface area contributed by atoms with Gasteiger partial charge in [0.05, 0.1) is 19.1 Å². The van der Waals surface area contributed by atoms with Crippen LogP contribution in [0.5, 0.6) is 5.75 Å². The molecular weight excluding hydrogens is 266 g/mol. The lowest BCUT2D eigenvalue weighted by atomic mass is 9.99. The van der Waals surface area contributed by atoms with Crippen LogP contribution in [0, 0.1) is 5.92 Å². The molecule has 21 heavy (non-hydrogen) atoms. The van der Waals surface area contributed by atoms with Gasteiger partial charge in [0.1, 0.15) is 18.9 Å². The Hall–Kier alpha value is -1.81. The molecule has 2 rings (SSSR count). The van der Waals surface area contributed by atoms with Gasteiger partial charge < -0.3 is 19.5 Å². The molecule has 0 spiro atoms. The van der Waals surface area contributed by atoms with Gasteiger partial charge >= 0.3 is 0 Å². The Morgan fingerprint density at radius 2 is 2.00 bits per heavy atom. The Morgan fingerprint density at radius 1 is 1.33 bits per heavy atom. The highest BCUT2D eigenvalue weighted by Crippen LogP contribution is 2.13. The summed E-state index contributed by atoms with van der Waals surface area (Å²) in [7, 11) is 0. The number of carbonyl (C=O) groups is 1. The lowest BCUT2D eigenvalue weighted by molar-refractivity contribution is -0.906. The van der Waals surface area contributed by atoms with Crippen molar-refractivity contribution in [1.29, 1.82) is 0 Å². The highest BCUT2D eigenvalue weighted by molar-refractivity contribution is 5.83. The Labute approximate surface area is 126 Å². The molecule has 0 bridgehead atoms. The lowest BCUT2D eigenvalue weighted by Crippen LogP contribution is -3.13. The van der Waals surface area contributed by atoms with Gasteiger partial charge in [0.15, 0.2) is 0 Å². The molecule has 1 saturated heterocycles. The summed E-state index contributed by atoms with van der Waals surface area (Å²) >= 11 is 0. The third-order valence-electron chi connectivity index (χ3n) is 4.00. The minimum Gasteiger partial charge on any atom is -0.545 e. The third kappa shape index (κ3) is 5.60. The minimum atomic E-state index is -1.19. The first-order chi connectivity index (χ1) is 10.1.